The molecule has 1 heterocycles. The van der Waals surface area contributed by atoms with Crippen LogP contribution in [0.1, 0.15) is 19.3 Å². The molecule has 0 saturated carbocycles. The van der Waals surface area contributed by atoms with Crippen molar-refractivity contribution in [1.82, 2.24) is 0 Å². The minimum atomic E-state index is -4.10. The third kappa shape index (κ3) is 3.90. The van der Waals surface area contributed by atoms with Crippen molar-refractivity contribution in [1.29, 1.82) is 0 Å². The summed E-state index contributed by atoms with van der Waals surface area (Å²) in [6, 6.07) is 0. The molecule has 1 saturated heterocycles. The first-order chi connectivity index (χ1) is 6.47. The number of hydrogen-bond acceptors (Lipinski definition) is 3. The van der Waals surface area contributed by atoms with Crippen molar-refractivity contribution in [3.63, 3.8) is 0 Å². The SMILES string of the molecule is NCC1(CCSC(F)(F)F)CCCS1. The number of hydrogen-bond donors (Lipinski definition) is 1. The first-order valence-corrected chi connectivity index (χ1v) is 6.49. The van der Waals surface area contributed by atoms with Gasteiger partial charge in [0.05, 0.1) is 0 Å². The van der Waals surface area contributed by atoms with Gasteiger partial charge in [-0.1, -0.05) is 11.8 Å². The van der Waals surface area contributed by atoms with Gasteiger partial charge in [-0.3, -0.25) is 0 Å². The predicted molar refractivity (Wildman–Crippen MR) is 56.6 cm³/mol. The molecule has 1 nitrogen and oxygen atoms in total. The number of rotatable bonds is 4. The highest BCUT2D eigenvalue weighted by molar-refractivity contribution is 8.01. The Bertz CT molecular complexity index is 178. The summed E-state index contributed by atoms with van der Waals surface area (Å²) in [4.78, 5) is 0. The topological polar surface area (TPSA) is 26.0 Å². The normalized spacial score (nSPS) is 28.3. The molecule has 1 unspecified atom stereocenters. The predicted octanol–water partition coefficient (Wildman–Crippen LogP) is 2.85. The van der Waals surface area contributed by atoms with Crippen molar-refractivity contribution in [2.24, 2.45) is 5.73 Å². The van der Waals surface area contributed by atoms with Gasteiger partial charge >= 0.3 is 5.51 Å². The van der Waals surface area contributed by atoms with Gasteiger partial charge in [-0.2, -0.15) is 24.9 Å². The quantitative estimate of drug-likeness (QED) is 0.824. The average Bonchev–Trinajstić information content (AvgIpc) is 2.52. The van der Waals surface area contributed by atoms with Crippen molar-refractivity contribution in [3.05, 3.63) is 0 Å². The first kappa shape index (κ1) is 12.5. The van der Waals surface area contributed by atoms with Crippen molar-refractivity contribution in [2.45, 2.75) is 29.5 Å². The fraction of sp³-hybridized carbons (Fsp3) is 1.00. The van der Waals surface area contributed by atoms with Crippen LogP contribution in [0.4, 0.5) is 13.2 Å². The van der Waals surface area contributed by atoms with E-state index < -0.39 is 5.51 Å². The molecule has 1 aliphatic heterocycles. The van der Waals surface area contributed by atoms with Gasteiger partial charge in [0, 0.05) is 17.0 Å². The zero-order valence-electron chi connectivity index (χ0n) is 7.77. The molecule has 1 fully saturated rings. The van der Waals surface area contributed by atoms with Gasteiger partial charge in [0.2, 0.25) is 0 Å². The van der Waals surface area contributed by atoms with Crippen LogP contribution in [0.5, 0.6) is 0 Å². The van der Waals surface area contributed by atoms with E-state index in [-0.39, 0.29) is 22.3 Å². The summed E-state index contributed by atoms with van der Waals surface area (Å²) in [5, 5.41) is 0. The molecule has 14 heavy (non-hydrogen) atoms. The third-order valence-corrected chi connectivity index (χ3v) is 4.80. The molecule has 0 aromatic rings. The molecule has 0 amide bonds. The van der Waals surface area contributed by atoms with Crippen LogP contribution in [-0.4, -0.2) is 28.3 Å². The Balaban J connectivity index is 2.28. The molecule has 0 aromatic heterocycles. The molecule has 6 heteroatoms. The Morgan fingerprint density at radius 3 is 2.57 bits per heavy atom. The van der Waals surface area contributed by atoms with E-state index in [1.165, 1.54) is 0 Å². The minimum Gasteiger partial charge on any atom is -0.329 e. The maximum absolute atomic E-state index is 11.9. The Hall–Kier alpha value is 0.450. The molecule has 0 bridgehead atoms. The Labute approximate surface area is 90.4 Å². The van der Waals surface area contributed by atoms with Gasteiger partial charge in [0.1, 0.15) is 0 Å². The molecule has 0 radical (unpaired) electrons. The van der Waals surface area contributed by atoms with Crippen LogP contribution in [0.25, 0.3) is 0 Å². The second-order valence-electron chi connectivity index (χ2n) is 3.38. The number of alkyl halides is 3. The van der Waals surface area contributed by atoms with Crippen LogP contribution in [0.3, 0.4) is 0 Å². The number of nitrogens with two attached hydrogens (primary N) is 1. The molecular weight excluding hydrogens is 231 g/mol. The van der Waals surface area contributed by atoms with Crippen molar-refractivity contribution < 1.29 is 13.2 Å². The standard InChI is InChI=1S/C8H14F3NS2/c9-8(10,11)14-5-3-7(6-12)2-1-4-13-7/h1-6,12H2. The Morgan fingerprint density at radius 2 is 2.14 bits per heavy atom. The highest BCUT2D eigenvalue weighted by atomic mass is 32.2. The highest BCUT2D eigenvalue weighted by Gasteiger charge is 2.35. The van der Waals surface area contributed by atoms with Gasteiger partial charge in [-0.25, -0.2) is 0 Å². The van der Waals surface area contributed by atoms with Gasteiger partial charge in [0.25, 0.3) is 0 Å². The minimum absolute atomic E-state index is 0.0654. The smallest absolute Gasteiger partial charge is 0.329 e. The second-order valence-corrected chi connectivity index (χ2v) is 6.11. The van der Waals surface area contributed by atoms with Crippen LogP contribution >= 0.6 is 23.5 Å². The molecule has 1 aliphatic rings. The summed E-state index contributed by atoms with van der Waals surface area (Å²) in [5.74, 6) is 1.17. The largest absolute Gasteiger partial charge is 0.441 e. The lowest BCUT2D eigenvalue weighted by Crippen LogP contribution is -2.32. The monoisotopic (exact) mass is 245 g/mol. The van der Waals surface area contributed by atoms with E-state index in [1.807, 2.05) is 0 Å². The molecule has 2 N–H and O–H groups in total. The fourth-order valence-electron chi connectivity index (χ4n) is 1.57. The van der Waals surface area contributed by atoms with E-state index in [4.69, 9.17) is 5.73 Å². The molecule has 0 spiro atoms. The van der Waals surface area contributed by atoms with Crippen molar-refractivity contribution >= 4 is 23.5 Å². The Kier molecular flexibility index (Phi) is 4.46. The van der Waals surface area contributed by atoms with Crippen LogP contribution in [-0.2, 0) is 0 Å². The summed E-state index contributed by atoms with van der Waals surface area (Å²) in [6.07, 6.45) is 2.61. The summed E-state index contributed by atoms with van der Waals surface area (Å²) < 4.78 is 35.6. The lowest BCUT2D eigenvalue weighted by atomic mass is 10.0. The van der Waals surface area contributed by atoms with Crippen molar-refractivity contribution in [3.8, 4) is 0 Å². The third-order valence-electron chi connectivity index (χ3n) is 2.38. The van der Waals surface area contributed by atoms with Crippen molar-refractivity contribution in [2.75, 3.05) is 18.1 Å². The van der Waals surface area contributed by atoms with E-state index in [9.17, 15) is 13.2 Å². The van der Waals surface area contributed by atoms with Crippen LogP contribution in [0.15, 0.2) is 0 Å². The Morgan fingerprint density at radius 1 is 1.43 bits per heavy atom. The van der Waals surface area contributed by atoms with Gasteiger partial charge in [-0.15, -0.1) is 0 Å². The number of halogens is 3. The highest BCUT2D eigenvalue weighted by Crippen LogP contribution is 2.42. The molecular formula is C8H14F3NS2. The summed E-state index contributed by atoms with van der Waals surface area (Å²) in [5.41, 5.74) is 1.51. The van der Waals surface area contributed by atoms with Gasteiger partial charge in [0.15, 0.2) is 0 Å². The van der Waals surface area contributed by atoms with Crippen LogP contribution < -0.4 is 5.73 Å². The first-order valence-electron chi connectivity index (χ1n) is 4.52. The van der Waals surface area contributed by atoms with Gasteiger partial charge < -0.3 is 5.73 Å². The summed E-state index contributed by atoms with van der Waals surface area (Å²) in [6.45, 7) is 0.496. The average molecular weight is 245 g/mol. The van der Waals surface area contributed by atoms with E-state index in [0.717, 1.165) is 18.6 Å². The van der Waals surface area contributed by atoms with E-state index >= 15 is 0 Å². The van der Waals surface area contributed by atoms with Gasteiger partial charge in [-0.05, 0) is 25.0 Å². The van der Waals surface area contributed by atoms with E-state index in [2.05, 4.69) is 0 Å². The summed E-state index contributed by atoms with van der Waals surface area (Å²) >= 11 is 1.80. The molecule has 84 valence electrons. The molecule has 1 atom stereocenters. The van der Waals surface area contributed by atoms with Crippen LogP contribution in [0, 0.1) is 0 Å². The number of thioether (sulfide) groups is 2. The van der Waals surface area contributed by atoms with E-state index in [1.54, 1.807) is 11.8 Å². The fourth-order valence-corrected chi connectivity index (χ4v) is 3.80. The summed E-state index contributed by atoms with van der Waals surface area (Å²) in [7, 11) is 0. The zero-order valence-corrected chi connectivity index (χ0v) is 9.40. The zero-order chi connectivity index (χ0) is 10.7. The van der Waals surface area contributed by atoms with E-state index in [0.29, 0.717) is 13.0 Å². The van der Waals surface area contributed by atoms with Crippen LogP contribution in [0.2, 0.25) is 0 Å². The lowest BCUT2D eigenvalue weighted by molar-refractivity contribution is -0.0328. The lowest BCUT2D eigenvalue weighted by Gasteiger charge is -2.26. The molecule has 0 aromatic carbocycles. The molecule has 0 aliphatic carbocycles. The maximum atomic E-state index is 11.9. The second kappa shape index (κ2) is 4.99. The maximum Gasteiger partial charge on any atom is 0.441 e. The molecule has 1 rings (SSSR count).